The lowest BCUT2D eigenvalue weighted by atomic mass is 10.1. The lowest BCUT2D eigenvalue weighted by Gasteiger charge is -2.13. The first kappa shape index (κ1) is 12.2. The summed E-state index contributed by atoms with van der Waals surface area (Å²) in [5.41, 5.74) is 2.92. The number of aromatic nitrogens is 2. The van der Waals surface area contributed by atoms with Gasteiger partial charge in [-0.3, -0.25) is 14.3 Å². The number of hydrogen-bond acceptors (Lipinski definition) is 2. The number of aryl methyl sites for hydroxylation is 2. The number of hydrogen-bond donors (Lipinski definition) is 0. The van der Waals surface area contributed by atoms with Crippen molar-refractivity contribution in [2.24, 2.45) is 0 Å². The average molecular weight is 373 g/mol. The third-order valence-electron chi connectivity index (χ3n) is 3.18. The zero-order chi connectivity index (χ0) is 12.7. The maximum Gasteiger partial charge on any atom is 0.275 e. The Morgan fingerprint density at radius 1 is 1.39 bits per heavy atom. The molecular formula is C13H10ClIN2O. The summed E-state index contributed by atoms with van der Waals surface area (Å²) in [7, 11) is 0. The van der Waals surface area contributed by atoms with Crippen LogP contribution in [0.25, 0.3) is 5.69 Å². The van der Waals surface area contributed by atoms with Crippen LogP contribution in [0.2, 0.25) is 5.02 Å². The summed E-state index contributed by atoms with van der Waals surface area (Å²) < 4.78 is 2.55. The molecule has 3 rings (SSSR count). The topological polar surface area (TPSA) is 34.9 Å². The maximum atomic E-state index is 12.4. The van der Waals surface area contributed by atoms with Crippen molar-refractivity contribution >= 4 is 34.2 Å². The molecule has 0 atom stereocenters. The summed E-state index contributed by atoms with van der Waals surface area (Å²) in [6.45, 7) is 0. The fourth-order valence-corrected chi connectivity index (χ4v) is 3.07. The minimum Gasteiger partial charge on any atom is -0.280 e. The Morgan fingerprint density at radius 2 is 2.22 bits per heavy atom. The number of halogens is 2. The third-order valence-corrected chi connectivity index (χ3v) is 4.71. The third kappa shape index (κ3) is 1.87. The zero-order valence-corrected chi connectivity index (χ0v) is 12.4. The first-order valence-corrected chi connectivity index (χ1v) is 7.17. The molecule has 0 amide bonds. The molecule has 0 N–H and O–H groups in total. The highest BCUT2D eigenvalue weighted by molar-refractivity contribution is 14.1. The molecule has 92 valence electrons. The second-order valence-electron chi connectivity index (χ2n) is 4.30. The summed E-state index contributed by atoms with van der Waals surface area (Å²) in [6.07, 6.45) is 6.40. The van der Waals surface area contributed by atoms with Crippen LogP contribution in [0.1, 0.15) is 17.7 Å². The molecule has 3 heterocycles. The van der Waals surface area contributed by atoms with Crippen molar-refractivity contribution in [1.29, 1.82) is 0 Å². The molecule has 0 unspecified atom stereocenters. The summed E-state index contributed by atoms with van der Waals surface area (Å²) in [5.74, 6) is 0. The Labute approximate surface area is 123 Å². The van der Waals surface area contributed by atoms with Gasteiger partial charge in [0.2, 0.25) is 0 Å². The Morgan fingerprint density at radius 3 is 3.06 bits per heavy atom. The van der Waals surface area contributed by atoms with Crippen LogP contribution >= 0.6 is 34.2 Å². The fourth-order valence-electron chi connectivity index (χ4n) is 2.34. The van der Waals surface area contributed by atoms with Crippen molar-refractivity contribution in [2.75, 3.05) is 0 Å². The van der Waals surface area contributed by atoms with E-state index in [1.54, 1.807) is 10.8 Å². The zero-order valence-electron chi connectivity index (χ0n) is 9.49. The summed E-state index contributed by atoms with van der Waals surface area (Å²) in [4.78, 5) is 16.5. The van der Waals surface area contributed by atoms with Gasteiger partial charge in [-0.1, -0.05) is 11.6 Å². The molecule has 3 nitrogen and oxygen atoms in total. The van der Waals surface area contributed by atoms with Crippen molar-refractivity contribution in [1.82, 2.24) is 9.55 Å². The van der Waals surface area contributed by atoms with E-state index in [2.05, 4.69) is 27.6 Å². The van der Waals surface area contributed by atoms with Gasteiger partial charge < -0.3 is 0 Å². The number of pyridine rings is 2. The fraction of sp³-hybridized carbons (Fsp3) is 0.231. The van der Waals surface area contributed by atoms with E-state index in [0.29, 0.717) is 5.02 Å². The Hall–Kier alpha value is -0.880. The van der Waals surface area contributed by atoms with Crippen molar-refractivity contribution in [3.8, 4) is 5.69 Å². The molecule has 5 heteroatoms. The van der Waals surface area contributed by atoms with E-state index >= 15 is 0 Å². The first-order valence-electron chi connectivity index (χ1n) is 5.71. The number of fused-ring (bicyclic) bond motifs is 3. The molecule has 0 aliphatic carbocycles. The molecule has 1 aliphatic heterocycles. The van der Waals surface area contributed by atoms with E-state index in [-0.39, 0.29) is 5.56 Å². The van der Waals surface area contributed by atoms with Crippen LogP contribution in [0.4, 0.5) is 0 Å². The van der Waals surface area contributed by atoms with Crippen molar-refractivity contribution in [3.63, 3.8) is 0 Å². The van der Waals surface area contributed by atoms with Crippen LogP contribution in [0, 0.1) is 3.57 Å². The maximum absolute atomic E-state index is 12.4. The molecule has 0 bridgehead atoms. The molecule has 0 spiro atoms. The van der Waals surface area contributed by atoms with Crippen LogP contribution in [-0.4, -0.2) is 9.55 Å². The van der Waals surface area contributed by atoms with E-state index < -0.39 is 0 Å². The van der Waals surface area contributed by atoms with Gasteiger partial charge in [0, 0.05) is 21.7 Å². The van der Waals surface area contributed by atoms with Gasteiger partial charge in [-0.05, 0) is 59.5 Å². The molecule has 0 aromatic carbocycles. The van der Waals surface area contributed by atoms with Gasteiger partial charge in [-0.15, -0.1) is 0 Å². The molecular weight excluding hydrogens is 363 g/mol. The summed E-state index contributed by atoms with van der Waals surface area (Å²) in [6, 6.07) is 3.88. The van der Waals surface area contributed by atoms with Crippen LogP contribution in [0.3, 0.4) is 0 Å². The van der Waals surface area contributed by atoms with Crippen molar-refractivity contribution in [3.05, 3.63) is 54.7 Å². The molecule has 2 aromatic rings. The lowest BCUT2D eigenvalue weighted by Crippen LogP contribution is -2.23. The van der Waals surface area contributed by atoms with Crippen LogP contribution in [-0.2, 0) is 12.8 Å². The highest BCUT2D eigenvalue weighted by Crippen LogP contribution is 2.24. The molecule has 0 saturated heterocycles. The highest BCUT2D eigenvalue weighted by atomic mass is 127. The second kappa shape index (κ2) is 4.66. The SMILES string of the molecule is O=c1c(Cl)c(I)cc2n1-c1ccncc1CCC2. The van der Waals surface area contributed by atoms with Crippen LogP contribution in [0.15, 0.2) is 29.3 Å². The van der Waals surface area contributed by atoms with Gasteiger partial charge in [-0.25, -0.2) is 0 Å². The summed E-state index contributed by atoms with van der Waals surface area (Å²) in [5, 5.41) is 0.295. The van der Waals surface area contributed by atoms with E-state index in [1.807, 2.05) is 18.3 Å². The molecule has 0 radical (unpaired) electrons. The Kier molecular flexibility index (Phi) is 3.15. The quantitative estimate of drug-likeness (QED) is 0.667. The van der Waals surface area contributed by atoms with E-state index in [0.717, 1.165) is 39.8 Å². The van der Waals surface area contributed by atoms with E-state index in [9.17, 15) is 4.79 Å². The van der Waals surface area contributed by atoms with Gasteiger partial charge in [0.15, 0.2) is 0 Å². The van der Waals surface area contributed by atoms with Gasteiger partial charge in [-0.2, -0.15) is 0 Å². The van der Waals surface area contributed by atoms with Gasteiger partial charge >= 0.3 is 0 Å². The van der Waals surface area contributed by atoms with Crippen LogP contribution < -0.4 is 5.56 Å². The second-order valence-corrected chi connectivity index (χ2v) is 5.84. The average Bonchev–Trinajstić information content (AvgIpc) is 2.55. The minimum absolute atomic E-state index is 0.132. The Bertz CT molecular complexity index is 681. The smallest absolute Gasteiger partial charge is 0.275 e. The Balaban J connectivity index is 2.40. The standard InChI is InChI=1S/C13H10ClIN2O/c14-12-10(15)6-9-3-1-2-8-7-16-5-4-11(8)17(9)13(12)18/h4-7H,1-3H2. The van der Waals surface area contributed by atoms with Gasteiger partial charge in [0.25, 0.3) is 5.56 Å². The minimum atomic E-state index is -0.132. The predicted molar refractivity (Wildman–Crippen MR) is 79.6 cm³/mol. The van der Waals surface area contributed by atoms with Crippen molar-refractivity contribution < 1.29 is 0 Å². The van der Waals surface area contributed by atoms with Gasteiger partial charge in [0.1, 0.15) is 5.02 Å². The summed E-state index contributed by atoms with van der Waals surface area (Å²) >= 11 is 8.19. The van der Waals surface area contributed by atoms with E-state index in [4.69, 9.17) is 11.6 Å². The van der Waals surface area contributed by atoms with E-state index in [1.165, 1.54) is 0 Å². The van der Waals surface area contributed by atoms with Crippen LogP contribution in [0.5, 0.6) is 0 Å². The number of nitrogens with zero attached hydrogens (tertiary/aromatic N) is 2. The predicted octanol–water partition coefficient (Wildman–Crippen LogP) is 2.98. The highest BCUT2D eigenvalue weighted by Gasteiger charge is 2.18. The molecule has 0 saturated carbocycles. The first-order chi connectivity index (χ1) is 8.68. The largest absolute Gasteiger partial charge is 0.280 e. The van der Waals surface area contributed by atoms with Gasteiger partial charge in [0.05, 0.1) is 5.69 Å². The number of rotatable bonds is 0. The molecule has 2 aromatic heterocycles. The normalized spacial score (nSPS) is 13.7. The molecule has 0 fully saturated rings. The molecule has 18 heavy (non-hydrogen) atoms. The molecule has 1 aliphatic rings. The van der Waals surface area contributed by atoms with Crippen molar-refractivity contribution in [2.45, 2.75) is 19.3 Å². The monoisotopic (exact) mass is 372 g/mol. The lowest BCUT2D eigenvalue weighted by molar-refractivity contribution is 0.799.